The number of carbonyl (C=O) groups excluding carboxylic acids is 1. The van der Waals surface area contributed by atoms with Crippen LogP contribution in [-0.4, -0.2) is 81.9 Å². The van der Waals surface area contributed by atoms with E-state index in [9.17, 15) is 4.79 Å². The molecule has 1 aliphatic carbocycles. The number of ether oxygens (including phenoxy) is 2. The predicted molar refractivity (Wildman–Crippen MR) is 137 cm³/mol. The molecule has 9 heteroatoms. The van der Waals surface area contributed by atoms with Crippen LogP contribution in [0.5, 0.6) is 11.5 Å². The Morgan fingerprint density at radius 2 is 1.92 bits per heavy atom. The van der Waals surface area contributed by atoms with Crippen molar-refractivity contribution >= 4 is 5.91 Å². The molecule has 1 atom stereocenters. The van der Waals surface area contributed by atoms with Crippen LogP contribution in [0, 0.1) is 0 Å². The zero-order valence-corrected chi connectivity index (χ0v) is 21.5. The lowest BCUT2D eigenvalue weighted by molar-refractivity contribution is 0.0776. The van der Waals surface area contributed by atoms with Gasteiger partial charge in [-0.2, -0.15) is 5.10 Å². The number of likely N-dealkylation sites (N-methyl/N-ethyl adjacent to an activating group) is 1. The smallest absolute Gasteiger partial charge is 0.257 e. The summed E-state index contributed by atoms with van der Waals surface area (Å²) in [5.41, 5.74) is 3.09. The highest BCUT2D eigenvalue weighted by atomic mass is 16.5. The first-order chi connectivity index (χ1) is 17.6. The highest BCUT2D eigenvalue weighted by Gasteiger charge is 2.37. The van der Waals surface area contributed by atoms with E-state index in [1.807, 2.05) is 29.2 Å². The zero-order chi connectivity index (χ0) is 25.2. The molecule has 0 bridgehead atoms. The molecular formula is C27H34N6O3. The minimum Gasteiger partial charge on any atom is -0.497 e. The zero-order valence-electron chi connectivity index (χ0n) is 21.5. The number of nitrogens with zero attached hydrogens (tertiary/aromatic N) is 6. The summed E-state index contributed by atoms with van der Waals surface area (Å²) < 4.78 is 12.7. The molecule has 1 aliphatic heterocycles. The summed E-state index contributed by atoms with van der Waals surface area (Å²) in [6.45, 7) is 7.89. The predicted octanol–water partition coefficient (Wildman–Crippen LogP) is 3.78. The van der Waals surface area contributed by atoms with Crippen molar-refractivity contribution in [3.05, 3.63) is 47.9 Å². The Kier molecular flexibility index (Phi) is 6.91. The summed E-state index contributed by atoms with van der Waals surface area (Å²) in [4.78, 5) is 27.4. The summed E-state index contributed by atoms with van der Waals surface area (Å²) >= 11 is 0. The molecule has 2 aliphatic rings. The molecule has 36 heavy (non-hydrogen) atoms. The number of hydrogen-bond acceptors (Lipinski definition) is 7. The summed E-state index contributed by atoms with van der Waals surface area (Å²) in [5.74, 6) is 2.21. The first-order valence-electron chi connectivity index (χ1n) is 12.7. The van der Waals surface area contributed by atoms with Gasteiger partial charge in [0, 0.05) is 36.8 Å². The molecule has 5 rings (SSSR count). The van der Waals surface area contributed by atoms with Gasteiger partial charge in [0.05, 0.1) is 37.4 Å². The number of methoxy groups -OCH3 is 2. The third kappa shape index (κ3) is 4.55. The number of benzene rings is 1. The van der Waals surface area contributed by atoms with Crippen molar-refractivity contribution in [2.75, 3.05) is 40.4 Å². The third-order valence-corrected chi connectivity index (χ3v) is 7.30. The quantitative estimate of drug-likeness (QED) is 0.451. The van der Waals surface area contributed by atoms with Gasteiger partial charge < -0.3 is 14.4 Å². The fourth-order valence-corrected chi connectivity index (χ4v) is 5.18. The SMILES string of the molecule is CCN(CC)[C@H]1CCN(C(=O)c2cnn(-c3nccc(-c4cc(OC)ccc4OC)n3)c2C2CC2)C1. The second-order valence-corrected chi connectivity index (χ2v) is 9.35. The van der Waals surface area contributed by atoms with Gasteiger partial charge in [0.15, 0.2) is 0 Å². The van der Waals surface area contributed by atoms with Crippen molar-refractivity contribution in [2.24, 2.45) is 0 Å². The first-order valence-corrected chi connectivity index (χ1v) is 12.7. The highest BCUT2D eigenvalue weighted by molar-refractivity contribution is 5.95. The minimum atomic E-state index is 0.0587. The van der Waals surface area contributed by atoms with Gasteiger partial charge in [-0.05, 0) is 56.6 Å². The van der Waals surface area contributed by atoms with Crippen molar-refractivity contribution in [3.63, 3.8) is 0 Å². The Morgan fingerprint density at radius 1 is 1.11 bits per heavy atom. The number of carbonyl (C=O) groups is 1. The van der Waals surface area contributed by atoms with E-state index >= 15 is 0 Å². The number of rotatable bonds is 9. The van der Waals surface area contributed by atoms with E-state index in [2.05, 4.69) is 28.8 Å². The average Bonchev–Trinajstić information content (AvgIpc) is 3.47. The fourth-order valence-electron chi connectivity index (χ4n) is 5.18. The molecular weight excluding hydrogens is 456 g/mol. The third-order valence-electron chi connectivity index (χ3n) is 7.30. The van der Waals surface area contributed by atoms with E-state index in [-0.39, 0.29) is 5.91 Å². The second kappa shape index (κ2) is 10.3. The van der Waals surface area contributed by atoms with Crippen molar-refractivity contribution in [1.29, 1.82) is 0 Å². The van der Waals surface area contributed by atoms with Crippen LogP contribution < -0.4 is 9.47 Å². The normalized spacial score (nSPS) is 17.6. The van der Waals surface area contributed by atoms with E-state index < -0.39 is 0 Å². The van der Waals surface area contributed by atoms with Gasteiger partial charge in [-0.3, -0.25) is 9.69 Å². The summed E-state index contributed by atoms with van der Waals surface area (Å²) in [6, 6.07) is 7.86. The molecule has 1 aromatic carbocycles. The van der Waals surface area contributed by atoms with Gasteiger partial charge in [0.2, 0.25) is 0 Å². The molecule has 1 saturated heterocycles. The van der Waals surface area contributed by atoms with Crippen LogP contribution in [0.3, 0.4) is 0 Å². The second-order valence-electron chi connectivity index (χ2n) is 9.35. The van der Waals surface area contributed by atoms with Crippen LogP contribution >= 0.6 is 0 Å². The van der Waals surface area contributed by atoms with Gasteiger partial charge in [-0.25, -0.2) is 14.6 Å². The summed E-state index contributed by atoms with van der Waals surface area (Å²) in [6.07, 6.45) is 6.50. The number of likely N-dealkylation sites (tertiary alicyclic amines) is 1. The largest absolute Gasteiger partial charge is 0.497 e. The van der Waals surface area contributed by atoms with E-state index in [0.717, 1.165) is 56.7 Å². The summed E-state index contributed by atoms with van der Waals surface area (Å²) in [5, 5.41) is 4.62. The van der Waals surface area contributed by atoms with Gasteiger partial charge in [0.25, 0.3) is 11.9 Å². The van der Waals surface area contributed by atoms with Crippen molar-refractivity contribution in [2.45, 2.75) is 45.1 Å². The van der Waals surface area contributed by atoms with Gasteiger partial charge in [0.1, 0.15) is 11.5 Å². The van der Waals surface area contributed by atoms with E-state index in [0.29, 0.717) is 40.7 Å². The molecule has 1 amide bonds. The monoisotopic (exact) mass is 490 g/mol. The van der Waals surface area contributed by atoms with Crippen molar-refractivity contribution in [1.82, 2.24) is 29.5 Å². The standard InChI is InChI=1S/C27H34N6O3/c1-5-31(6-2)19-12-14-32(17-19)26(34)22-16-29-33(25(22)18-7-8-18)27-28-13-11-23(30-27)21-15-20(35-3)9-10-24(21)36-4/h9-11,13,15-16,18-19H,5-8,12,14,17H2,1-4H3/t19-/m0/s1. The van der Waals surface area contributed by atoms with Crippen LogP contribution in [-0.2, 0) is 0 Å². The molecule has 190 valence electrons. The molecule has 9 nitrogen and oxygen atoms in total. The maximum atomic E-state index is 13.6. The molecule has 0 radical (unpaired) electrons. The Hall–Kier alpha value is -3.46. The number of aromatic nitrogens is 4. The Morgan fingerprint density at radius 3 is 2.61 bits per heavy atom. The van der Waals surface area contributed by atoms with E-state index in [1.165, 1.54) is 0 Å². The van der Waals surface area contributed by atoms with Crippen LogP contribution in [0.25, 0.3) is 17.2 Å². The lowest BCUT2D eigenvalue weighted by Gasteiger charge is -2.26. The minimum absolute atomic E-state index is 0.0587. The Labute approximate surface area is 212 Å². The Bertz CT molecular complexity index is 1230. The van der Waals surface area contributed by atoms with E-state index in [1.54, 1.807) is 31.3 Å². The fraction of sp³-hybridized carbons (Fsp3) is 0.481. The molecule has 0 N–H and O–H groups in total. The topological polar surface area (TPSA) is 85.6 Å². The first kappa shape index (κ1) is 24.2. The highest BCUT2D eigenvalue weighted by Crippen LogP contribution is 2.43. The molecule has 2 aromatic heterocycles. The van der Waals surface area contributed by atoms with Crippen LogP contribution in [0.2, 0.25) is 0 Å². The van der Waals surface area contributed by atoms with Crippen molar-refractivity contribution < 1.29 is 14.3 Å². The lowest BCUT2D eigenvalue weighted by Crippen LogP contribution is -2.38. The van der Waals surface area contributed by atoms with Gasteiger partial charge in [-0.15, -0.1) is 0 Å². The van der Waals surface area contributed by atoms with Crippen LogP contribution in [0.4, 0.5) is 0 Å². The average molecular weight is 491 g/mol. The van der Waals surface area contributed by atoms with Gasteiger partial charge in [-0.1, -0.05) is 13.8 Å². The molecule has 1 saturated carbocycles. The van der Waals surface area contributed by atoms with Gasteiger partial charge >= 0.3 is 0 Å². The number of amides is 1. The van der Waals surface area contributed by atoms with E-state index in [4.69, 9.17) is 14.5 Å². The van der Waals surface area contributed by atoms with Crippen LogP contribution in [0.15, 0.2) is 36.7 Å². The maximum absolute atomic E-state index is 13.6. The molecule has 3 aromatic rings. The molecule has 2 fully saturated rings. The Balaban J connectivity index is 1.47. The molecule has 0 unspecified atom stereocenters. The lowest BCUT2D eigenvalue weighted by atomic mass is 10.1. The maximum Gasteiger partial charge on any atom is 0.257 e. The summed E-state index contributed by atoms with van der Waals surface area (Å²) in [7, 11) is 3.26. The van der Waals surface area contributed by atoms with Crippen LogP contribution in [0.1, 0.15) is 55.1 Å². The number of hydrogen-bond donors (Lipinski definition) is 0. The molecule has 0 spiro atoms. The van der Waals surface area contributed by atoms with Crippen molar-refractivity contribution in [3.8, 4) is 28.7 Å². The molecule has 3 heterocycles.